The van der Waals surface area contributed by atoms with Crippen molar-refractivity contribution in [3.8, 4) is 11.3 Å². The normalized spacial score (nSPS) is 11.7. The predicted molar refractivity (Wildman–Crippen MR) is 91.5 cm³/mol. The van der Waals surface area contributed by atoms with Crippen LogP contribution >= 0.6 is 0 Å². The summed E-state index contributed by atoms with van der Waals surface area (Å²) in [7, 11) is 0. The van der Waals surface area contributed by atoms with Crippen molar-refractivity contribution < 1.29 is 0 Å². The molecule has 0 spiro atoms. The van der Waals surface area contributed by atoms with Gasteiger partial charge in [-0.3, -0.25) is 4.98 Å². The Kier molecular flexibility index (Phi) is 4.08. The first-order valence-electron chi connectivity index (χ1n) is 7.51. The maximum absolute atomic E-state index is 6.20. The van der Waals surface area contributed by atoms with Crippen LogP contribution in [0.25, 0.3) is 11.3 Å². The van der Waals surface area contributed by atoms with Crippen molar-refractivity contribution in [1.82, 2.24) is 4.98 Å². The lowest BCUT2D eigenvalue weighted by atomic mass is 9.89. The fraction of sp³-hybridized carbons (Fsp3) is 0.421. The largest absolute Gasteiger partial charge is 0.397 e. The molecule has 0 bridgehead atoms. The van der Waals surface area contributed by atoms with Crippen LogP contribution in [0.4, 0.5) is 5.69 Å². The van der Waals surface area contributed by atoms with Crippen LogP contribution in [0.15, 0.2) is 24.3 Å². The summed E-state index contributed by atoms with van der Waals surface area (Å²) >= 11 is 0. The molecule has 0 amide bonds. The Morgan fingerprint density at radius 3 is 2.10 bits per heavy atom. The minimum absolute atomic E-state index is 0.220. The van der Waals surface area contributed by atoms with Gasteiger partial charge in [-0.05, 0) is 55.9 Å². The molecule has 1 aromatic carbocycles. The van der Waals surface area contributed by atoms with Gasteiger partial charge in [0.15, 0.2) is 0 Å². The van der Waals surface area contributed by atoms with Gasteiger partial charge in [0.2, 0.25) is 0 Å². The van der Waals surface area contributed by atoms with Gasteiger partial charge in [-0.15, -0.1) is 0 Å². The number of nitrogens with zero attached hydrogens (tertiary/aromatic N) is 1. The Bertz CT molecular complexity index is 641. The molecule has 0 unspecified atom stereocenters. The van der Waals surface area contributed by atoms with Crippen molar-refractivity contribution in [2.45, 2.75) is 48.0 Å². The third kappa shape index (κ3) is 3.63. The van der Waals surface area contributed by atoms with Gasteiger partial charge in [0, 0.05) is 11.3 Å². The highest BCUT2D eigenvalue weighted by Crippen LogP contribution is 2.32. The molecule has 2 N–H and O–H groups in total. The molecule has 0 aliphatic rings. The van der Waals surface area contributed by atoms with E-state index in [4.69, 9.17) is 10.7 Å². The maximum atomic E-state index is 6.20. The molecule has 1 heterocycles. The average Bonchev–Trinajstić information content (AvgIpc) is 2.30. The molecule has 21 heavy (non-hydrogen) atoms. The molecule has 0 aliphatic carbocycles. The molecule has 0 fully saturated rings. The Labute approximate surface area is 128 Å². The average molecular weight is 282 g/mol. The van der Waals surface area contributed by atoms with Gasteiger partial charge >= 0.3 is 0 Å². The summed E-state index contributed by atoms with van der Waals surface area (Å²) in [6, 6.07) is 8.42. The lowest BCUT2D eigenvalue weighted by Crippen LogP contribution is -2.11. The molecule has 0 saturated carbocycles. The summed E-state index contributed by atoms with van der Waals surface area (Å²) in [6.07, 6.45) is 0.949. The minimum atomic E-state index is 0.220. The van der Waals surface area contributed by atoms with Crippen molar-refractivity contribution >= 4 is 5.69 Å². The fourth-order valence-electron chi connectivity index (χ4n) is 2.91. The summed E-state index contributed by atoms with van der Waals surface area (Å²) in [5.74, 6) is 0. The van der Waals surface area contributed by atoms with E-state index in [1.165, 1.54) is 22.3 Å². The highest BCUT2D eigenvalue weighted by molar-refractivity contribution is 5.77. The Morgan fingerprint density at radius 2 is 1.57 bits per heavy atom. The number of hydrogen-bond donors (Lipinski definition) is 1. The van der Waals surface area contributed by atoms with Gasteiger partial charge < -0.3 is 5.73 Å². The van der Waals surface area contributed by atoms with Crippen molar-refractivity contribution in [3.63, 3.8) is 0 Å². The summed E-state index contributed by atoms with van der Waals surface area (Å²) in [4.78, 5) is 4.85. The highest BCUT2D eigenvalue weighted by atomic mass is 14.8. The number of rotatable bonds is 2. The number of pyridine rings is 1. The molecule has 0 radical (unpaired) electrons. The van der Waals surface area contributed by atoms with Crippen molar-refractivity contribution in [1.29, 1.82) is 0 Å². The first-order chi connectivity index (χ1) is 9.67. The van der Waals surface area contributed by atoms with Gasteiger partial charge in [0.25, 0.3) is 0 Å². The van der Waals surface area contributed by atoms with E-state index in [1.54, 1.807) is 0 Å². The van der Waals surface area contributed by atoms with Gasteiger partial charge in [0.1, 0.15) is 0 Å². The van der Waals surface area contributed by atoms with E-state index >= 15 is 0 Å². The van der Waals surface area contributed by atoms with Crippen LogP contribution in [-0.2, 0) is 6.42 Å². The number of nitrogen functional groups attached to an aromatic ring is 1. The van der Waals surface area contributed by atoms with Crippen molar-refractivity contribution in [3.05, 3.63) is 46.6 Å². The lowest BCUT2D eigenvalue weighted by molar-refractivity contribution is 0.406. The summed E-state index contributed by atoms with van der Waals surface area (Å²) in [5, 5.41) is 0. The van der Waals surface area contributed by atoms with Crippen molar-refractivity contribution in [2.24, 2.45) is 5.41 Å². The van der Waals surface area contributed by atoms with Crippen LogP contribution in [0.5, 0.6) is 0 Å². The molecule has 2 rings (SSSR count). The Hall–Kier alpha value is -1.83. The van der Waals surface area contributed by atoms with Crippen LogP contribution in [0, 0.1) is 26.2 Å². The topological polar surface area (TPSA) is 38.9 Å². The maximum Gasteiger partial charge on any atom is 0.0939 e. The van der Waals surface area contributed by atoms with E-state index in [0.29, 0.717) is 0 Å². The molecule has 1 aromatic heterocycles. The zero-order valence-corrected chi connectivity index (χ0v) is 14.0. The van der Waals surface area contributed by atoms with Crippen LogP contribution in [0.3, 0.4) is 0 Å². The van der Waals surface area contributed by atoms with Crippen LogP contribution in [-0.4, -0.2) is 4.98 Å². The molecule has 2 aromatic rings. The minimum Gasteiger partial charge on any atom is -0.397 e. The first kappa shape index (κ1) is 15.6. The second kappa shape index (κ2) is 5.51. The third-order valence-corrected chi connectivity index (χ3v) is 3.61. The zero-order chi connectivity index (χ0) is 15.8. The molecule has 0 aliphatic heterocycles. The summed E-state index contributed by atoms with van der Waals surface area (Å²) in [6.45, 7) is 13.1. The van der Waals surface area contributed by atoms with E-state index in [-0.39, 0.29) is 5.41 Å². The second-order valence-corrected chi connectivity index (χ2v) is 7.25. The van der Waals surface area contributed by atoms with Crippen molar-refractivity contribution in [2.75, 3.05) is 5.73 Å². The summed E-state index contributed by atoms with van der Waals surface area (Å²) in [5.41, 5.74) is 14.1. The van der Waals surface area contributed by atoms with E-state index in [1.807, 2.05) is 12.1 Å². The van der Waals surface area contributed by atoms with E-state index in [0.717, 1.165) is 23.5 Å². The molecular formula is C19H26N2. The summed E-state index contributed by atoms with van der Waals surface area (Å²) < 4.78 is 0. The second-order valence-electron chi connectivity index (χ2n) is 7.25. The van der Waals surface area contributed by atoms with Gasteiger partial charge in [0.05, 0.1) is 11.4 Å². The number of aryl methyl sites for hydroxylation is 3. The third-order valence-electron chi connectivity index (χ3n) is 3.61. The molecule has 0 saturated heterocycles. The van der Waals surface area contributed by atoms with E-state index < -0.39 is 0 Å². The number of aromatic nitrogens is 1. The molecule has 2 nitrogen and oxygen atoms in total. The first-order valence-corrected chi connectivity index (χ1v) is 7.51. The fourth-order valence-corrected chi connectivity index (χ4v) is 2.91. The lowest BCUT2D eigenvalue weighted by Gasteiger charge is -2.19. The van der Waals surface area contributed by atoms with E-state index in [9.17, 15) is 0 Å². The number of hydrogen-bond acceptors (Lipinski definition) is 2. The molecule has 0 atom stereocenters. The Morgan fingerprint density at radius 1 is 1.00 bits per heavy atom. The number of nitrogens with two attached hydrogens (primary N) is 1. The quantitative estimate of drug-likeness (QED) is 0.855. The van der Waals surface area contributed by atoms with Gasteiger partial charge in [-0.1, -0.05) is 38.5 Å². The molecule has 2 heteroatoms. The standard InChI is InChI=1S/C19H26N2/c1-12-9-13(2)17(14(3)10-12)18-16(20)8-7-15(21-18)11-19(4,5)6/h7-10H,11,20H2,1-6H3. The van der Waals surface area contributed by atoms with Gasteiger partial charge in [-0.25, -0.2) is 0 Å². The number of anilines is 1. The van der Waals surface area contributed by atoms with Crippen LogP contribution in [0.2, 0.25) is 0 Å². The smallest absolute Gasteiger partial charge is 0.0939 e. The molecule has 112 valence electrons. The van der Waals surface area contributed by atoms with Crippen LogP contribution in [0.1, 0.15) is 43.2 Å². The predicted octanol–water partition coefficient (Wildman–Crippen LogP) is 4.84. The van der Waals surface area contributed by atoms with Crippen LogP contribution < -0.4 is 5.73 Å². The molecular weight excluding hydrogens is 256 g/mol. The van der Waals surface area contributed by atoms with E-state index in [2.05, 4.69) is 53.7 Å². The zero-order valence-electron chi connectivity index (χ0n) is 14.0. The van der Waals surface area contributed by atoms with Gasteiger partial charge in [-0.2, -0.15) is 0 Å². The monoisotopic (exact) mass is 282 g/mol. The Balaban J connectivity index is 2.56. The SMILES string of the molecule is Cc1cc(C)c(-c2nc(CC(C)(C)C)ccc2N)c(C)c1. The highest BCUT2D eigenvalue weighted by Gasteiger charge is 2.16. The number of benzene rings is 1.